The molecule has 0 radical (unpaired) electrons. The summed E-state index contributed by atoms with van der Waals surface area (Å²) in [6, 6.07) is 8.67. The van der Waals surface area contributed by atoms with Crippen molar-refractivity contribution >= 4 is 0 Å². The number of rotatable bonds is 20. The summed E-state index contributed by atoms with van der Waals surface area (Å²) in [6.45, 7) is 4.05. The zero-order chi connectivity index (χ0) is 63.3. The van der Waals surface area contributed by atoms with Crippen molar-refractivity contribution in [1.29, 1.82) is 0 Å². The van der Waals surface area contributed by atoms with Gasteiger partial charge in [-0.3, -0.25) is 0 Å². The van der Waals surface area contributed by atoms with E-state index in [9.17, 15) is 112 Å². The second kappa shape index (κ2) is 34.2. The van der Waals surface area contributed by atoms with Crippen LogP contribution >= 0.6 is 0 Å². The Morgan fingerprint density at radius 3 is 1.04 bits per heavy atom. The van der Waals surface area contributed by atoms with Crippen LogP contribution in [-0.2, 0) is 42.6 Å². The topological polar surface area (TPSA) is 528 Å². The summed E-state index contributed by atoms with van der Waals surface area (Å²) in [5.41, 5.74) is 1.52. The Morgan fingerprint density at radius 2 is 0.718 bits per heavy atom. The standard InChI is InChI=1S/C20H30O11.C17H32O10.C17H30O10/c21-7-12-15(25)16(26)18(28)20(30-12)31-19-13(8-22)29-11(14(24)17(19)27)6-10(23)9-4-2-1-3-5-9;2*1-3-7(2)4-8-11(20)14(23)16(10(6-19)25-8)27-17-15(24)13(22)12(21)9(5-18)26-17/h1-5,10-28H,6-8H2;7-24H,3-6H2,1-2H3;3,8-24H,4-6H2,1-2H3/b;;7-3+/t10?,11-,12+,13+,14-,15-,16-,17+,18+,19+,20?;7?,8-,9+,10+,11-,12-,13-,14+,15+,16+,17?;8-,9+,10+,11-,12-,13-,14+,15+,16+,17?/m000/s1. The molecule has 5 unspecified atom stereocenters. The first kappa shape index (κ1) is 73.5. The van der Waals surface area contributed by atoms with Gasteiger partial charge in [-0.2, -0.15) is 0 Å². The third kappa shape index (κ3) is 18.0. The smallest absolute Gasteiger partial charge is 0.187 e. The Bertz CT molecular complexity index is 2060. The molecule has 494 valence electrons. The number of hydrogen-bond donors (Lipinski definition) is 22. The molecule has 0 bridgehead atoms. The molecule has 0 amide bonds. The summed E-state index contributed by atoms with van der Waals surface area (Å²) >= 11 is 0. The lowest BCUT2D eigenvalue weighted by atomic mass is 9.89. The summed E-state index contributed by atoms with van der Waals surface area (Å²) in [5.74, 6) is 0.235. The van der Waals surface area contributed by atoms with Crippen molar-refractivity contribution in [2.75, 3.05) is 39.6 Å². The van der Waals surface area contributed by atoms with E-state index in [2.05, 4.69) is 0 Å². The second-order valence-corrected chi connectivity index (χ2v) is 22.3. The molecule has 85 heavy (non-hydrogen) atoms. The second-order valence-electron chi connectivity index (χ2n) is 22.3. The maximum absolute atomic E-state index is 10.6. The lowest BCUT2D eigenvalue weighted by molar-refractivity contribution is -0.342. The van der Waals surface area contributed by atoms with Gasteiger partial charge in [0.25, 0.3) is 0 Å². The Kier molecular flexibility index (Phi) is 29.6. The molecule has 1 aromatic carbocycles. The van der Waals surface area contributed by atoms with Gasteiger partial charge in [0.15, 0.2) is 18.9 Å². The van der Waals surface area contributed by atoms with Crippen LogP contribution in [-0.4, -0.2) is 336 Å². The van der Waals surface area contributed by atoms with E-state index in [0.29, 0.717) is 18.4 Å². The summed E-state index contributed by atoms with van der Waals surface area (Å²) in [6.07, 6.45) is -38.6. The summed E-state index contributed by atoms with van der Waals surface area (Å²) in [4.78, 5) is 0. The van der Waals surface area contributed by atoms with Crippen LogP contribution in [0.3, 0.4) is 0 Å². The van der Waals surface area contributed by atoms with Crippen LogP contribution in [0.1, 0.15) is 65.0 Å². The fourth-order valence-corrected chi connectivity index (χ4v) is 10.6. The number of benzene rings is 1. The molecule has 32 atom stereocenters. The minimum absolute atomic E-state index is 0.0640. The van der Waals surface area contributed by atoms with E-state index < -0.39 is 229 Å². The van der Waals surface area contributed by atoms with Crippen LogP contribution in [0.2, 0.25) is 0 Å². The van der Waals surface area contributed by atoms with Crippen molar-refractivity contribution < 1.29 is 155 Å². The molecular weight excluding hydrogens is 1140 g/mol. The van der Waals surface area contributed by atoms with Gasteiger partial charge in [0, 0.05) is 6.42 Å². The largest absolute Gasteiger partial charge is 0.394 e. The van der Waals surface area contributed by atoms with E-state index in [0.717, 1.165) is 12.0 Å². The average molecular weight is 1240 g/mol. The average Bonchev–Trinajstić information content (AvgIpc) is 2.52. The first-order chi connectivity index (χ1) is 40.3. The molecule has 6 fully saturated rings. The van der Waals surface area contributed by atoms with Gasteiger partial charge >= 0.3 is 0 Å². The summed E-state index contributed by atoms with van der Waals surface area (Å²) < 4.78 is 49.3. The third-order valence-corrected chi connectivity index (χ3v) is 16.3. The molecule has 7 rings (SSSR count). The number of hydrogen-bond acceptors (Lipinski definition) is 31. The highest BCUT2D eigenvalue weighted by atomic mass is 16.7. The lowest BCUT2D eigenvalue weighted by Crippen LogP contribution is -2.64. The molecule has 31 nitrogen and oxygen atoms in total. The molecular formula is C54H92O31. The molecule has 0 aromatic heterocycles. The predicted molar refractivity (Wildman–Crippen MR) is 283 cm³/mol. The normalized spacial score (nSPS) is 45.1. The zero-order valence-electron chi connectivity index (χ0n) is 47.5. The number of allylic oxidation sites excluding steroid dienone is 1. The molecule has 0 aliphatic carbocycles. The molecule has 6 saturated heterocycles. The monoisotopic (exact) mass is 1240 g/mol. The van der Waals surface area contributed by atoms with Crippen LogP contribution in [0.4, 0.5) is 0 Å². The van der Waals surface area contributed by atoms with Gasteiger partial charge in [0.2, 0.25) is 0 Å². The van der Waals surface area contributed by atoms with Crippen LogP contribution in [0.25, 0.3) is 0 Å². The van der Waals surface area contributed by atoms with E-state index in [4.69, 9.17) is 42.6 Å². The summed E-state index contributed by atoms with van der Waals surface area (Å²) in [5, 5.41) is 219. The molecule has 22 N–H and O–H groups in total. The highest BCUT2D eigenvalue weighted by molar-refractivity contribution is 5.18. The highest BCUT2D eigenvalue weighted by Gasteiger charge is 2.54. The maximum atomic E-state index is 10.6. The Morgan fingerprint density at radius 1 is 0.412 bits per heavy atom. The van der Waals surface area contributed by atoms with E-state index >= 15 is 0 Å². The Balaban J connectivity index is 0.000000234. The van der Waals surface area contributed by atoms with E-state index in [-0.39, 0.29) is 12.3 Å². The molecule has 1 aromatic rings. The van der Waals surface area contributed by atoms with Gasteiger partial charge < -0.3 is 155 Å². The SMILES string of the molecule is C/C=C(\C)C[C@@H]1O[C@H](CO)[C@@H](OC2O[C@H](CO)[C@H](O)[C@H](O)[C@H]2O)[C@H](O)[C@H]1O.CCC(C)C[C@@H]1O[C@H](CO)[C@@H](OC2O[C@H](CO)[C@H](O)[C@H](O)[C@H]2O)[C@H](O)[C@H]1O.OC[C@H]1OC(O[C@H]2[C@H](O)[C@@H](O)[C@H](CC(O)c3ccccc3)O[C@@H]2CO)[C@H](O)[C@@H](O)[C@H]1O. The summed E-state index contributed by atoms with van der Waals surface area (Å²) in [7, 11) is 0. The molecule has 31 heteroatoms. The van der Waals surface area contributed by atoms with Crippen molar-refractivity contribution in [3.05, 3.63) is 47.5 Å². The number of ether oxygens (including phenoxy) is 9. The fourth-order valence-electron chi connectivity index (χ4n) is 10.6. The van der Waals surface area contributed by atoms with Gasteiger partial charge in [-0.1, -0.05) is 62.2 Å². The molecule has 0 spiro atoms. The van der Waals surface area contributed by atoms with Gasteiger partial charge in [0.1, 0.15) is 146 Å². The van der Waals surface area contributed by atoms with E-state index in [1.54, 1.807) is 30.3 Å². The molecule has 0 saturated carbocycles. The molecule has 6 heterocycles. The van der Waals surface area contributed by atoms with Crippen LogP contribution in [0.5, 0.6) is 0 Å². The maximum Gasteiger partial charge on any atom is 0.187 e. The van der Waals surface area contributed by atoms with Gasteiger partial charge in [0.05, 0.1) is 64.1 Å². The minimum atomic E-state index is -1.72. The fraction of sp³-hybridized carbons (Fsp3) is 0.852. The highest BCUT2D eigenvalue weighted by Crippen LogP contribution is 2.36. The van der Waals surface area contributed by atoms with Gasteiger partial charge in [-0.05, 0) is 38.2 Å². The zero-order valence-corrected chi connectivity index (χ0v) is 47.5. The van der Waals surface area contributed by atoms with Crippen molar-refractivity contribution in [1.82, 2.24) is 0 Å². The van der Waals surface area contributed by atoms with E-state index in [1.807, 2.05) is 33.8 Å². The predicted octanol–water partition coefficient (Wildman–Crippen LogP) is -9.12. The minimum Gasteiger partial charge on any atom is -0.394 e. The number of aliphatic hydroxyl groups excluding tert-OH is 22. The van der Waals surface area contributed by atoms with Crippen molar-refractivity contribution in [3.8, 4) is 0 Å². The molecule has 6 aliphatic rings. The third-order valence-electron chi connectivity index (χ3n) is 16.3. The molecule has 6 aliphatic heterocycles. The Labute approximate surface area is 490 Å². The quantitative estimate of drug-likeness (QED) is 0.0539. The number of aliphatic hydroxyl groups is 22. The van der Waals surface area contributed by atoms with Crippen molar-refractivity contribution in [2.45, 2.75) is 243 Å². The van der Waals surface area contributed by atoms with Crippen molar-refractivity contribution in [3.63, 3.8) is 0 Å². The van der Waals surface area contributed by atoms with Crippen LogP contribution in [0, 0.1) is 5.92 Å². The Hall–Kier alpha value is -2.28. The lowest BCUT2D eigenvalue weighted by Gasteiger charge is -2.46. The van der Waals surface area contributed by atoms with E-state index in [1.165, 1.54) is 0 Å². The van der Waals surface area contributed by atoms with Gasteiger partial charge in [-0.15, -0.1) is 0 Å². The first-order valence-corrected chi connectivity index (χ1v) is 28.4. The van der Waals surface area contributed by atoms with Crippen molar-refractivity contribution in [2.24, 2.45) is 5.92 Å². The van der Waals surface area contributed by atoms with Gasteiger partial charge in [-0.25, -0.2) is 0 Å². The first-order valence-electron chi connectivity index (χ1n) is 28.4. The van der Waals surface area contributed by atoms with Crippen LogP contribution in [0.15, 0.2) is 42.0 Å². The van der Waals surface area contributed by atoms with Crippen LogP contribution < -0.4 is 0 Å².